The van der Waals surface area contributed by atoms with Gasteiger partial charge in [-0.2, -0.15) is 0 Å². The molecule has 2 heterocycles. The standard InChI is InChI=1S/C25H23O8P/c1-3-4-13-30-16-9-11-20-22(14-16)31-23-15-17(33-34(27,28)29-2)10-12-21(23)25(20)19-8-6-5-7-18(19)24(26)32-25/h5-12,14-15H,3-4,13H2,1-2H3,(H,27,28). The van der Waals surface area contributed by atoms with Crippen LogP contribution in [0.15, 0.2) is 60.7 Å². The van der Waals surface area contributed by atoms with Gasteiger partial charge < -0.3 is 18.7 Å². The van der Waals surface area contributed by atoms with E-state index in [1.807, 2.05) is 24.3 Å². The minimum atomic E-state index is -4.28. The van der Waals surface area contributed by atoms with Gasteiger partial charge >= 0.3 is 13.8 Å². The van der Waals surface area contributed by atoms with Crippen molar-refractivity contribution in [3.8, 4) is 23.0 Å². The molecule has 2 unspecified atom stereocenters. The number of hydrogen-bond acceptors (Lipinski definition) is 7. The van der Waals surface area contributed by atoms with E-state index in [-0.39, 0.29) is 5.75 Å². The van der Waals surface area contributed by atoms with Crippen molar-refractivity contribution in [1.82, 2.24) is 0 Å². The van der Waals surface area contributed by atoms with E-state index >= 15 is 0 Å². The molecule has 3 aromatic carbocycles. The first-order chi connectivity index (χ1) is 16.4. The molecular weight excluding hydrogens is 459 g/mol. The molecule has 0 aromatic heterocycles. The third kappa shape index (κ3) is 3.64. The van der Waals surface area contributed by atoms with Crippen molar-refractivity contribution in [2.75, 3.05) is 13.7 Å². The molecule has 0 bridgehead atoms. The van der Waals surface area contributed by atoms with E-state index in [1.165, 1.54) is 12.1 Å². The molecule has 1 N–H and O–H groups in total. The summed E-state index contributed by atoms with van der Waals surface area (Å²) in [6.45, 7) is 2.65. The number of phosphoric ester groups is 1. The maximum Gasteiger partial charge on any atom is 0.527 e. The lowest BCUT2D eigenvalue weighted by Gasteiger charge is -2.36. The number of hydrogen-bond donors (Lipinski definition) is 1. The number of ether oxygens (including phenoxy) is 3. The van der Waals surface area contributed by atoms with E-state index in [9.17, 15) is 14.3 Å². The van der Waals surface area contributed by atoms with E-state index in [2.05, 4.69) is 11.4 Å². The third-order valence-corrected chi connectivity index (χ3v) is 6.78. The summed E-state index contributed by atoms with van der Waals surface area (Å²) in [7, 11) is -3.20. The monoisotopic (exact) mass is 482 g/mol. The molecule has 0 fully saturated rings. The smallest absolute Gasteiger partial charge is 0.493 e. The van der Waals surface area contributed by atoms with Crippen molar-refractivity contribution >= 4 is 13.8 Å². The Morgan fingerprint density at radius 1 is 0.971 bits per heavy atom. The Balaban J connectivity index is 1.67. The van der Waals surface area contributed by atoms with Crippen molar-refractivity contribution in [2.45, 2.75) is 25.4 Å². The fourth-order valence-electron chi connectivity index (χ4n) is 4.29. The van der Waals surface area contributed by atoms with E-state index in [4.69, 9.17) is 18.7 Å². The molecule has 8 nitrogen and oxygen atoms in total. The average Bonchev–Trinajstić information content (AvgIpc) is 3.12. The second-order valence-electron chi connectivity index (χ2n) is 7.98. The van der Waals surface area contributed by atoms with Gasteiger partial charge in [-0.25, -0.2) is 9.36 Å². The molecule has 2 aliphatic heterocycles. The van der Waals surface area contributed by atoms with Crippen LogP contribution in [0.25, 0.3) is 0 Å². The Morgan fingerprint density at radius 2 is 1.65 bits per heavy atom. The van der Waals surface area contributed by atoms with Crippen molar-refractivity contribution in [3.05, 3.63) is 82.9 Å². The predicted molar refractivity (Wildman–Crippen MR) is 123 cm³/mol. The number of carbonyl (C=O) groups excluding carboxylic acids is 1. The van der Waals surface area contributed by atoms with Crippen LogP contribution in [-0.4, -0.2) is 24.6 Å². The highest BCUT2D eigenvalue weighted by molar-refractivity contribution is 7.47. The Hall–Kier alpha value is -3.32. The van der Waals surface area contributed by atoms with Gasteiger partial charge in [-0.15, -0.1) is 0 Å². The summed E-state index contributed by atoms with van der Waals surface area (Å²) in [5.41, 5.74) is 1.12. The van der Waals surface area contributed by atoms with Crippen LogP contribution in [0.1, 0.15) is 46.8 Å². The maximum atomic E-state index is 12.9. The molecule has 1 spiro atoms. The average molecular weight is 482 g/mol. The summed E-state index contributed by atoms with van der Waals surface area (Å²) in [4.78, 5) is 22.6. The van der Waals surface area contributed by atoms with Crippen LogP contribution in [0.5, 0.6) is 23.0 Å². The fourth-order valence-corrected chi connectivity index (χ4v) is 4.74. The molecule has 5 rings (SSSR count). The van der Waals surface area contributed by atoms with Gasteiger partial charge in [0, 0.05) is 35.9 Å². The van der Waals surface area contributed by atoms with Crippen LogP contribution in [0.4, 0.5) is 0 Å². The SMILES string of the molecule is CCCCOc1ccc2c(c1)Oc1cc(OP(=O)(O)OC)ccc1C21OC(=O)c2ccccc21. The Bertz CT molecular complexity index is 1320. The summed E-state index contributed by atoms with van der Waals surface area (Å²) in [6.07, 6.45) is 1.92. The van der Waals surface area contributed by atoms with Crippen molar-refractivity contribution in [1.29, 1.82) is 0 Å². The highest BCUT2D eigenvalue weighted by atomic mass is 31.2. The molecule has 0 saturated carbocycles. The van der Waals surface area contributed by atoms with Gasteiger partial charge in [-0.3, -0.25) is 9.42 Å². The summed E-state index contributed by atoms with van der Waals surface area (Å²) in [5, 5.41) is 0. The number of benzene rings is 3. The van der Waals surface area contributed by atoms with E-state index in [0.29, 0.717) is 46.1 Å². The number of fused-ring (bicyclic) bond motifs is 6. The van der Waals surface area contributed by atoms with Crippen LogP contribution < -0.4 is 14.0 Å². The van der Waals surface area contributed by atoms with Crippen LogP contribution in [0.2, 0.25) is 0 Å². The van der Waals surface area contributed by atoms with Crippen LogP contribution in [-0.2, 0) is 19.4 Å². The lowest BCUT2D eigenvalue weighted by Crippen LogP contribution is -2.33. The molecular formula is C25H23O8P. The van der Waals surface area contributed by atoms with Gasteiger partial charge in [0.25, 0.3) is 0 Å². The molecule has 0 radical (unpaired) electrons. The van der Waals surface area contributed by atoms with E-state index in [0.717, 1.165) is 20.0 Å². The van der Waals surface area contributed by atoms with Gasteiger partial charge in [-0.1, -0.05) is 31.5 Å². The van der Waals surface area contributed by atoms with Gasteiger partial charge in [0.05, 0.1) is 12.2 Å². The molecule has 2 atom stereocenters. The zero-order chi connectivity index (χ0) is 23.9. The van der Waals surface area contributed by atoms with Crippen LogP contribution in [0.3, 0.4) is 0 Å². The van der Waals surface area contributed by atoms with Crippen molar-refractivity contribution < 1.29 is 37.5 Å². The lowest BCUT2D eigenvalue weighted by molar-refractivity contribution is 0.0224. The first kappa shape index (κ1) is 22.5. The van der Waals surface area contributed by atoms with Crippen LogP contribution in [0, 0.1) is 0 Å². The molecule has 3 aromatic rings. The minimum absolute atomic E-state index is 0.0676. The lowest BCUT2D eigenvalue weighted by atomic mass is 9.77. The van der Waals surface area contributed by atoms with E-state index in [1.54, 1.807) is 24.3 Å². The molecule has 2 aliphatic rings. The first-order valence-corrected chi connectivity index (χ1v) is 12.4. The van der Waals surface area contributed by atoms with Crippen molar-refractivity contribution in [2.24, 2.45) is 0 Å². The number of carbonyl (C=O) groups is 1. The van der Waals surface area contributed by atoms with E-state index < -0.39 is 19.4 Å². The van der Waals surface area contributed by atoms with Crippen molar-refractivity contribution in [3.63, 3.8) is 0 Å². The second-order valence-corrected chi connectivity index (χ2v) is 9.46. The Kier molecular flexibility index (Phi) is 5.60. The highest BCUT2D eigenvalue weighted by Crippen LogP contribution is 2.57. The predicted octanol–water partition coefficient (Wildman–Crippen LogP) is 5.56. The number of unbranched alkanes of at least 4 members (excludes halogenated alkanes) is 1. The molecule has 0 amide bonds. The molecule has 176 valence electrons. The van der Waals surface area contributed by atoms with Gasteiger partial charge in [-0.05, 0) is 36.8 Å². The topological polar surface area (TPSA) is 101 Å². The quantitative estimate of drug-likeness (QED) is 0.265. The minimum Gasteiger partial charge on any atom is -0.493 e. The molecule has 0 aliphatic carbocycles. The van der Waals surface area contributed by atoms with Gasteiger partial charge in [0.2, 0.25) is 0 Å². The fraction of sp³-hybridized carbons (Fsp3) is 0.240. The normalized spacial score (nSPS) is 19.3. The summed E-state index contributed by atoms with van der Waals surface area (Å²) in [6, 6.07) is 17.3. The second kappa shape index (κ2) is 8.47. The zero-order valence-electron chi connectivity index (χ0n) is 18.6. The molecule has 34 heavy (non-hydrogen) atoms. The van der Waals surface area contributed by atoms with Gasteiger partial charge in [0.1, 0.15) is 23.0 Å². The van der Waals surface area contributed by atoms with Gasteiger partial charge in [0.15, 0.2) is 5.60 Å². The number of esters is 1. The van der Waals surface area contributed by atoms with Crippen LogP contribution >= 0.6 is 7.82 Å². The maximum absolute atomic E-state index is 12.9. The Morgan fingerprint density at radius 3 is 2.35 bits per heavy atom. The Labute approximate surface area is 196 Å². The molecule has 9 heteroatoms. The zero-order valence-corrected chi connectivity index (χ0v) is 19.5. The largest absolute Gasteiger partial charge is 0.527 e. The highest BCUT2D eigenvalue weighted by Gasteiger charge is 2.53. The molecule has 0 saturated heterocycles. The summed E-state index contributed by atoms with van der Waals surface area (Å²) < 4.78 is 39.7. The third-order valence-electron chi connectivity index (χ3n) is 5.87. The summed E-state index contributed by atoms with van der Waals surface area (Å²) in [5.74, 6) is 1.00. The number of phosphoric acid groups is 1. The number of rotatable bonds is 7. The first-order valence-electron chi connectivity index (χ1n) is 10.9. The summed E-state index contributed by atoms with van der Waals surface area (Å²) >= 11 is 0.